The van der Waals surface area contributed by atoms with Crippen molar-refractivity contribution in [1.29, 1.82) is 5.26 Å². The number of nitrogen functional groups attached to an aromatic ring is 1. The Morgan fingerprint density at radius 2 is 1.94 bits per heavy atom. The van der Waals surface area contributed by atoms with Crippen molar-refractivity contribution in [3.8, 4) is 17.6 Å². The van der Waals surface area contributed by atoms with Gasteiger partial charge in [-0.05, 0) is 90.3 Å². The highest BCUT2D eigenvalue weighted by molar-refractivity contribution is 7.16. The van der Waals surface area contributed by atoms with Crippen LogP contribution in [0.15, 0.2) is 10.7 Å². The van der Waals surface area contributed by atoms with Gasteiger partial charge in [0.05, 0.1) is 35.1 Å². The van der Waals surface area contributed by atoms with E-state index in [1.165, 1.54) is 16.2 Å². The molecule has 4 aromatic heterocycles. The Hall–Kier alpha value is -3.74. The van der Waals surface area contributed by atoms with Gasteiger partial charge in [-0.15, -0.1) is 11.3 Å². The summed E-state index contributed by atoms with van der Waals surface area (Å²) in [6.07, 6.45) is 3.50. The SMILES string of the molecule is C[C@@H]([C@@H]1CCCN1C)n1ncc2c(N3CCC[C@@](O)(C(F)(F)F)C3)nc(-c3noc4c3CCC[C@@]43CCCc4sc(N)c(C#N)c43)nc21. The summed E-state index contributed by atoms with van der Waals surface area (Å²) < 4.78 is 50.4. The van der Waals surface area contributed by atoms with Crippen LogP contribution in [0.25, 0.3) is 22.6 Å². The molecule has 4 aromatic rings. The number of piperidine rings is 1. The first-order chi connectivity index (χ1) is 23.0. The Kier molecular flexibility index (Phi) is 7.32. The molecule has 48 heavy (non-hydrogen) atoms. The molecule has 0 aromatic carbocycles. The molecule has 2 aliphatic carbocycles. The number of fused-ring (bicyclic) bond motifs is 5. The Labute approximate surface area is 279 Å². The standard InChI is InChI=1S/C33H38F3N9O2S/c1-18(22-8-5-13-43(22)2)45-30-21(16-39-45)29(44-14-6-12-32(46,17-44)33(34,35)36)40-28(41-30)25-19-7-3-10-31(26(19)47-42-25)11-4-9-23-24(31)20(15-37)27(38)48-23/h16,18,22,46H,3-14,17,38H2,1-2H3/t18-,22-,31-,32-/m0/s1. The number of hydrogen-bond donors (Lipinski definition) is 2. The van der Waals surface area contributed by atoms with Gasteiger partial charge in [-0.2, -0.15) is 23.5 Å². The zero-order valence-electron chi connectivity index (χ0n) is 27.0. The van der Waals surface area contributed by atoms with Crippen LogP contribution in [0.5, 0.6) is 0 Å². The average molecular weight is 682 g/mol. The molecule has 2 aliphatic heterocycles. The van der Waals surface area contributed by atoms with E-state index in [0.717, 1.165) is 67.5 Å². The second-order valence-electron chi connectivity index (χ2n) is 14.1. The van der Waals surface area contributed by atoms with Crippen molar-refractivity contribution in [2.75, 3.05) is 37.3 Å². The van der Waals surface area contributed by atoms with Gasteiger partial charge in [0.25, 0.3) is 0 Å². The van der Waals surface area contributed by atoms with Gasteiger partial charge in [-0.3, -0.25) is 0 Å². The number of aromatic nitrogens is 5. The Morgan fingerprint density at radius 3 is 2.67 bits per heavy atom. The lowest BCUT2D eigenvalue weighted by atomic mass is 9.63. The summed E-state index contributed by atoms with van der Waals surface area (Å²) >= 11 is 1.47. The summed E-state index contributed by atoms with van der Waals surface area (Å²) in [5, 5.41) is 31.2. The Bertz CT molecular complexity index is 1940. The topological polar surface area (TPSA) is 146 Å². The van der Waals surface area contributed by atoms with Crippen molar-refractivity contribution >= 4 is 33.2 Å². The van der Waals surface area contributed by atoms with E-state index >= 15 is 0 Å². The minimum Gasteiger partial charge on any atom is -0.389 e. The maximum atomic E-state index is 14.1. The number of nitrogens with zero attached hydrogens (tertiary/aromatic N) is 8. The van der Waals surface area contributed by atoms with Gasteiger partial charge in [0, 0.05) is 23.0 Å². The highest BCUT2D eigenvalue weighted by Crippen LogP contribution is 2.55. The molecule has 0 bridgehead atoms. The molecular weight excluding hydrogens is 643 g/mol. The number of hydrogen-bond acceptors (Lipinski definition) is 11. The number of halogens is 3. The van der Waals surface area contributed by atoms with Crippen LogP contribution in [-0.2, 0) is 18.3 Å². The van der Waals surface area contributed by atoms with Crippen molar-refractivity contribution in [2.24, 2.45) is 0 Å². The van der Waals surface area contributed by atoms with Gasteiger partial charge < -0.3 is 25.2 Å². The number of aliphatic hydroxyl groups is 1. The lowest BCUT2D eigenvalue weighted by molar-refractivity contribution is -0.261. The fourth-order valence-electron chi connectivity index (χ4n) is 8.93. The maximum absolute atomic E-state index is 14.1. The molecule has 4 aliphatic rings. The van der Waals surface area contributed by atoms with Crippen molar-refractivity contribution in [3.05, 3.63) is 33.5 Å². The van der Waals surface area contributed by atoms with Crippen LogP contribution in [0.4, 0.5) is 24.0 Å². The van der Waals surface area contributed by atoms with Gasteiger partial charge in [0.1, 0.15) is 16.9 Å². The molecule has 0 unspecified atom stereocenters. The van der Waals surface area contributed by atoms with Crippen LogP contribution < -0.4 is 10.6 Å². The van der Waals surface area contributed by atoms with E-state index in [1.54, 1.807) is 6.20 Å². The molecular formula is C33H38F3N9O2S. The third-order valence-electron chi connectivity index (χ3n) is 11.3. The van der Waals surface area contributed by atoms with Gasteiger partial charge in [-0.25, -0.2) is 14.6 Å². The van der Waals surface area contributed by atoms with E-state index < -0.39 is 23.7 Å². The van der Waals surface area contributed by atoms with Crippen LogP contribution in [0.2, 0.25) is 0 Å². The summed E-state index contributed by atoms with van der Waals surface area (Å²) in [4.78, 5) is 14.9. The average Bonchev–Trinajstić information content (AvgIpc) is 3.85. The van der Waals surface area contributed by atoms with Crippen molar-refractivity contribution < 1.29 is 22.8 Å². The Balaban J connectivity index is 1.29. The molecule has 254 valence electrons. The highest BCUT2D eigenvalue weighted by atomic mass is 32.1. The zero-order chi connectivity index (χ0) is 33.6. The van der Waals surface area contributed by atoms with E-state index in [-0.39, 0.29) is 43.1 Å². The minimum absolute atomic E-state index is 0.0670. The van der Waals surface area contributed by atoms with Gasteiger partial charge in [0.15, 0.2) is 28.5 Å². The van der Waals surface area contributed by atoms with E-state index in [9.17, 15) is 23.5 Å². The number of thiophene rings is 1. The summed E-state index contributed by atoms with van der Waals surface area (Å²) in [6, 6.07) is 2.49. The third kappa shape index (κ3) is 4.59. The van der Waals surface area contributed by atoms with Crippen LogP contribution in [0.3, 0.4) is 0 Å². The second kappa shape index (κ2) is 11.1. The fourth-order valence-corrected chi connectivity index (χ4v) is 10.1. The van der Waals surface area contributed by atoms with Crippen molar-refractivity contribution in [3.63, 3.8) is 0 Å². The molecule has 3 N–H and O–H groups in total. The monoisotopic (exact) mass is 681 g/mol. The predicted octanol–water partition coefficient (Wildman–Crippen LogP) is 5.50. The quantitative estimate of drug-likeness (QED) is 0.283. The number of nitrogens with two attached hydrogens (primary N) is 1. The lowest BCUT2D eigenvalue weighted by Gasteiger charge is -2.40. The van der Waals surface area contributed by atoms with Gasteiger partial charge in [-0.1, -0.05) is 5.16 Å². The molecule has 6 heterocycles. The number of β-amino-alcohol motifs (C(OH)–C–C–N with tert-alkyl or cyclic N) is 1. The predicted molar refractivity (Wildman–Crippen MR) is 174 cm³/mol. The molecule has 1 spiro atoms. The maximum Gasteiger partial charge on any atom is 0.418 e. The van der Waals surface area contributed by atoms with Crippen LogP contribution in [0, 0.1) is 11.3 Å². The molecule has 0 radical (unpaired) electrons. The Morgan fingerprint density at radius 1 is 1.15 bits per heavy atom. The molecule has 8 rings (SSSR count). The lowest BCUT2D eigenvalue weighted by Crippen LogP contribution is -2.57. The molecule has 2 fully saturated rings. The van der Waals surface area contributed by atoms with E-state index in [4.69, 9.17) is 25.3 Å². The van der Waals surface area contributed by atoms with Gasteiger partial charge >= 0.3 is 6.18 Å². The molecule has 0 amide bonds. The smallest absolute Gasteiger partial charge is 0.389 e. The van der Waals surface area contributed by atoms with E-state index in [1.807, 2.05) is 4.68 Å². The van der Waals surface area contributed by atoms with E-state index in [0.29, 0.717) is 39.5 Å². The molecule has 2 saturated heterocycles. The third-order valence-corrected chi connectivity index (χ3v) is 12.4. The van der Waals surface area contributed by atoms with Crippen LogP contribution in [0.1, 0.15) is 91.7 Å². The fraction of sp³-hybridized carbons (Fsp3) is 0.606. The number of alkyl halides is 3. The number of likely N-dealkylation sites (N-methyl/N-ethyl adjacent to an activating group) is 1. The second-order valence-corrected chi connectivity index (χ2v) is 15.2. The van der Waals surface area contributed by atoms with Crippen LogP contribution in [-0.4, -0.2) is 79.4 Å². The molecule has 0 saturated carbocycles. The highest BCUT2D eigenvalue weighted by Gasteiger charge is 2.56. The normalized spacial score (nSPS) is 26.9. The molecule has 15 heteroatoms. The van der Waals surface area contributed by atoms with Gasteiger partial charge in [0.2, 0.25) is 0 Å². The first-order valence-corrected chi connectivity index (χ1v) is 17.6. The number of rotatable bonds is 4. The molecule has 4 atom stereocenters. The summed E-state index contributed by atoms with van der Waals surface area (Å²) in [5.74, 6) is 1.23. The van der Waals surface area contributed by atoms with Crippen molar-refractivity contribution in [1.82, 2.24) is 29.8 Å². The summed E-state index contributed by atoms with van der Waals surface area (Å²) in [7, 11) is 2.09. The summed E-state index contributed by atoms with van der Waals surface area (Å²) in [5.41, 5.74) is 6.19. The minimum atomic E-state index is -4.79. The number of anilines is 2. The van der Waals surface area contributed by atoms with Crippen LogP contribution >= 0.6 is 11.3 Å². The first kappa shape index (κ1) is 31.5. The number of likely N-dealkylation sites (tertiary alicyclic amines) is 1. The first-order valence-electron chi connectivity index (χ1n) is 16.8. The summed E-state index contributed by atoms with van der Waals surface area (Å²) in [6.45, 7) is 2.70. The van der Waals surface area contributed by atoms with Crippen molar-refractivity contribution in [2.45, 2.75) is 100 Å². The number of aryl methyl sites for hydroxylation is 1. The number of nitriles is 1. The zero-order valence-corrected chi connectivity index (χ0v) is 27.8. The molecule has 11 nitrogen and oxygen atoms in total. The van der Waals surface area contributed by atoms with E-state index in [2.05, 4.69) is 30.1 Å². The largest absolute Gasteiger partial charge is 0.418 e.